The minimum atomic E-state index is -3.32. The predicted molar refractivity (Wildman–Crippen MR) is 130 cm³/mol. The number of anilines is 2. The van der Waals surface area contributed by atoms with Crippen molar-refractivity contribution in [3.05, 3.63) is 66.6 Å². The molecule has 2 aliphatic rings. The Labute approximate surface area is 202 Å². The molecule has 0 spiro atoms. The molecule has 35 heavy (non-hydrogen) atoms. The highest BCUT2D eigenvalue weighted by atomic mass is 32.2. The lowest BCUT2D eigenvalue weighted by Gasteiger charge is -2.41. The summed E-state index contributed by atoms with van der Waals surface area (Å²) >= 11 is 0. The molecule has 0 bridgehead atoms. The highest BCUT2D eigenvalue weighted by Crippen LogP contribution is 2.40. The fourth-order valence-electron chi connectivity index (χ4n) is 4.36. The number of benzene rings is 2. The maximum Gasteiger partial charge on any atom is 0.294 e. The van der Waals surface area contributed by atoms with Crippen molar-refractivity contribution in [2.45, 2.75) is 30.4 Å². The molecule has 5 rings (SSSR count). The molecular weight excluding hydrogens is 470 g/mol. The van der Waals surface area contributed by atoms with Crippen LogP contribution in [-0.4, -0.2) is 51.4 Å². The van der Waals surface area contributed by atoms with Gasteiger partial charge >= 0.3 is 0 Å². The van der Waals surface area contributed by atoms with Crippen LogP contribution in [0.25, 0.3) is 11.1 Å². The van der Waals surface area contributed by atoms with E-state index in [-0.39, 0.29) is 35.1 Å². The second-order valence-corrected chi connectivity index (χ2v) is 10.6. The molecule has 1 aromatic heterocycles. The zero-order valence-corrected chi connectivity index (χ0v) is 19.9. The summed E-state index contributed by atoms with van der Waals surface area (Å²) in [6.07, 6.45) is 3.84. The smallest absolute Gasteiger partial charge is 0.294 e. The molecule has 2 aliphatic heterocycles. The van der Waals surface area contributed by atoms with Crippen LogP contribution < -0.4 is 9.80 Å². The Morgan fingerprint density at radius 1 is 1.03 bits per heavy atom. The number of hydrogen-bond donors (Lipinski definition) is 0. The Morgan fingerprint density at radius 3 is 2.40 bits per heavy atom. The van der Waals surface area contributed by atoms with E-state index in [9.17, 15) is 18.0 Å². The topological polar surface area (TPSA) is 109 Å². The maximum absolute atomic E-state index is 13.3. The zero-order chi connectivity index (χ0) is 24.7. The van der Waals surface area contributed by atoms with Crippen molar-refractivity contribution < 1.29 is 27.3 Å². The molecule has 3 aromatic rings. The highest BCUT2D eigenvalue weighted by Gasteiger charge is 2.39. The Bertz CT molecular complexity index is 1410. The van der Waals surface area contributed by atoms with E-state index in [0.717, 1.165) is 17.4 Å². The molecule has 0 radical (unpaired) electrons. The van der Waals surface area contributed by atoms with Gasteiger partial charge in [-0.15, -0.1) is 0 Å². The van der Waals surface area contributed by atoms with Crippen molar-refractivity contribution in [2.24, 2.45) is 5.16 Å². The van der Waals surface area contributed by atoms with Crippen molar-refractivity contribution in [1.82, 2.24) is 0 Å². The Morgan fingerprint density at radius 2 is 1.77 bits per heavy atom. The first-order valence-electron chi connectivity index (χ1n) is 11.0. The third kappa shape index (κ3) is 4.21. The van der Waals surface area contributed by atoms with Crippen molar-refractivity contribution in [3.63, 3.8) is 0 Å². The van der Waals surface area contributed by atoms with Crippen molar-refractivity contribution in [3.8, 4) is 11.1 Å². The Hall–Kier alpha value is -3.92. The van der Waals surface area contributed by atoms with Crippen molar-refractivity contribution in [2.75, 3.05) is 22.6 Å². The normalized spacial score (nSPS) is 19.4. The number of carbonyl (C=O) groups is 2. The van der Waals surface area contributed by atoms with Crippen LogP contribution in [0, 0.1) is 0 Å². The number of hydrogen-bond acceptors (Lipinski definition) is 7. The molecule has 9 nitrogen and oxygen atoms in total. The summed E-state index contributed by atoms with van der Waals surface area (Å²) in [5.74, 6) is -0.356. The summed E-state index contributed by atoms with van der Waals surface area (Å²) in [6.45, 7) is 2.12. The first kappa shape index (κ1) is 22.9. The van der Waals surface area contributed by atoms with Gasteiger partial charge in [0.05, 0.1) is 28.6 Å². The summed E-state index contributed by atoms with van der Waals surface area (Å²) in [7, 11) is -3.32. The van der Waals surface area contributed by atoms with Crippen LogP contribution >= 0.6 is 0 Å². The van der Waals surface area contributed by atoms with Gasteiger partial charge in [0.25, 0.3) is 11.8 Å². The van der Waals surface area contributed by atoms with E-state index < -0.39 is 15.9 Å². The van der Waals surface area contributed by atoms with Crippen LogP contribution in [0.15, 0.2) is 75.3 Å². The lowest BCUT2D eigenvalue weighted by molar-refractivity contribution is -0.128. The van der Waals surface area contributed by atoms with E-state index in [4.69, 9.17) is 9.25 Å². The Kier molecular flexibility index (Phi) is 5.68. The molecule has 0 saturated carbocycles. The second kappa shape index (κ2) is 8.70. The number of furan rings is 1. The third-order valence-electron chi connectivity index (χ3n) is 6.10. The number of rotatable bonds is 4. The average molecular weight is 494 g/mol. The molecule has 0 saturated heterocycles. The van der Waals surface area contributed by atoms with E-state index >= 15 is 0 Å². The minimum absolute atomic E-state index is 0.193. The number of amides is 2. The molecule has 3 heterocycles. The van der Waals surface area contributed by atoms with Gasteiger partial charge in [0.15, 0.2) is 15.6 Å². The van der Waals surface area contributed by atoms with Crippen molar-refractivity contribution >= 4 is 39.2 Å². The standard InChI is InChI=1S/C25H23N3O6S/c1-16-15-27(24(29)22-4-3-13-33-22)21-14-18(17-5-8-19(9-6-17)35(2,31)32)7-10-20(21)28(16)25(30)23-11-12-26-34-23/h3-10,12-14,16,23H,11,15H2,1-2H3/t16-,23?/m0/s1. The number of fused-ring (bicyclic) bond motifs is 1. The molecule has 0 aliphatic carbocycles. The van der Waals surface area contributed by atoms with Gasteiger partial charge in [-0.3, -0.25) is 9.59 Å². The average Bonchev–Trinajstić information content (AvgIpc) is 3.57. The fraction of sp³-hybridized carbons (Fsp3) is 0.240. The van der Waals surface area contributed by atoms with Gasteiger partial charge in [-0.1, -0.05) is 23.4 Å². The quantitative estimate of drug-likeness (QED) is 0.550. The molecule has 1 unspecified atom stereocenters. The fourth-order valence-corrected chi connectivity index (χ4v) is 4.99. The first-order valence-corrected chi connectivity index (χ1v) is 12.9. The molecule has 180 valence electrons. The molecule has 2 amide bonds. The lowest BCUT2D eigenvalue weighted by Crippen LogP contribution is -2.54. The van der Waals surface area contributed by atoms with E-state index in [2.05, 4.69) is 5.16 Å². The van der Waals surface area contributed by atoms with Crippen LogP contribution in [0.1, 0.15) is 23.9 Å². The molecule has 10 heteroatoms. The third-order valence-corrected chi connectivity index (χ3v) is 7.23. The number of sulfone groups is 1. The highest BCUT2D eigenvalue weighted by molar-refractivity contribution is 7.90. The van der Waals surface area contributed by atoms with Gasteiger partial charge in [-0.05, 0) is 54.4 Å². The summed E-state index contributed by atoms with van der Waals surface area (Å²) in [5.41, 5.74) is 2.65. The molecule has 2 atom stereocenters. The zero-order valence-electron chi connectivity index (χ0n) is 19.1. The van der Waals surface area contributed by atoms with Gasteiger partial charge in [0.2, 0.25) is 6.10 Å². The van der Waals surface area contributed by atoms with Crippen LogP contribution in [-0.2, 0) is 19.5 Å². The number of carbonyl (C=O) groups excluding carboxylic acids is 2. The Balaban J connectivity index is 1.59. The van der Waals surface area contributed by atoms with Gasteiger partial charge < -0.3 is 19.1 Å². The van der Waals surface area contributed by atoms with Gasteiger partial charge in [0.1, 0.15) is 0 Å². The van der Waals surface area contributed by atoms with Crippen LogP contribution in [0.3, 0.4) is 0 Å². The summed E-state index contributed by atoms with van der Waals surface area (Å²) in [5, 5.41) is 3.72. The van der Waals surface area contributed by atoms with E-state index in [1.54, 1.807) is 58.5 Å². The van der Waals surface area contributed by atoms with Gasteiger partial charge in [-0.2, -0.15) is 0 Å². The monoisotopic (exact) mass is 493 g/mol. The van der Waals surface area contributed by atoms with Crippen LogP contribution in [0.4, 0.5) is 11.4 Å². The SMILES string of the molecule is C[C@H]1CN(C(=O)c2ccco2)c2cc(-c3ccc(S(C)(=O)=O)cc3)ccc2N1C(=O)C1CC=NO1. The van der Waals surface area contributed by atoms with Crippen LogP contribution in [0.5, 0.6) is 0 Å². The maximum atomic E-state index is 13.3. The number of nitrogens with zero attached hydrogens (tertiary/aromatic N) is 3. The minimum Gasteiger partial charge on any atom is -0.459 e. The van der Waals surface area contributed by atoms with Gasteiger partial charge in [-0.25, -0.2) is 8.42 Å². The molecular formula is C25H23N3O6S. The predicted octanol–water partition coefficient (Wildman–Crippen LogP) is 3.51. The lowest BCUT2D eigenvalue weighted by atomic mass is 9.99. The second-order valence-electron chi connectivity index (χ2n) is 8.57. The first-order chi connectivity index (χ1) is 16.7. The van der Waals surface area contributed by atoms with Crippen LogP contribution in [0.2, 0.25) is 0 Å². The van der Waals surface area contributed by atoms with Crippen molar-refractivity contribution in [1.29, 1.82) is 0 Å². The molecule has 2 aromatic carbocycles. The number of oxime groups is 1. The summed E-state index contributed by atoms with van der Waals surface area (Å²) < 4.78 is 29.0. The summed E-state index contributed by atoms with van der Waals surface area (Å²) in [6, 6.07) is 14.9. The summed E-state index contributed by atoms with van der Waals surface area (Å²) in [4.78, 5) is 35.3. The molecule has 0 N–H and O–H groups in total. The van der Waals surface area contributed by atoms with E-state index in [1.165, 1.54) is 6.26 Å². The van der Waals surface area contributed by atoms with Gasteiger partial charge in [0, 0.05) is 25.4 Å². The van der Waals surface area contributed by atoms with E-state index in [0.29, 0.717) is 17.8 Å². The largest absolute Gasteiger partial charge is 0.459 e. The molecule has 0 fully saturated rings. The van der Waals surface area contributed by atoms with E-state index in [1.807, 2.05) is 19.1 Å².